The first-order valence-electron chi connectivity index (χ1n) is 12.5. The molecule has 10 heteroatoms. The molecule has 1 amide bonds. The number of hydrogen-bond acceptors (Lipinski definition) is 6. The third kappa shape index (κ3) is 3.91. The Morgan fingerprint density at radius 2 is 1.98 bits per heavy atom. The Morgan fingerprint density at radius 3 is 2.67 bits per heavy atom. The van der Waals surface area contributed by atoms with Crippen LogP contribution >= 0.6 is 23.5 Å². The number of allylic oxidation sites excluding steroid dienone is 1. The van der Waals surface area contributed by atoms with Gasteiger partial charge < -0.3 is 14.0 Å². The number of aromatic nitrogens is 3. The first kappa shape index (κ1) is 26.2. The minimum atomic E-state index is -0.324. The molecule has 0 aliphatic heterocycles. The van der Waals surface area contributed by atoms with Gasteiger partial charge in [0.2, 0.25) is 0 Å². The zero-order chi connectivity index (χ0) is 28.3. The van der Waals surface area contributed by atoms with Crippen LogP contribution in [0.5, 0.6) is 0 Å². The Hall–Kier alpha value is -4.08. The molecular weight excluding hydrogens is 549 g/mol. The first-order valence-corrected chi connectivity index (χ1v) is 14.2. The number of hydrogen-bond donors (Lipinski definition) is 1. The van der Waals surface area contributed by atoms with Crippen molar-refractivity contribution in [3.05, 3.63) is 78.1 Å². The number of rotatable bonds is 6. The Labute approximate surface area is 238 Å². The maximum Gasteiger partial charge on any atom is 0.255 e. The van der Waals surface area contributed by atoms with Crippen LogP contribution in [0.1, 0.15) is 28.9 Å². The van der Waals surface area contributed by atoms with Gasteiger partial charge in [-0.1, -0.05) is 24.6 Å². The van der Waals surface area contributed by atoms with E-state index in [1.54, 1.807) is 19.2 Å². The molecule has 0 atom stereocenters. The van der Waals surface area contributed by atoms with E-state index in [0.29, 0.717) is 66.8 Å². The van der Waals surface area contributed by atoms with Crippen molar-refractivity contribution in [1.29, 1.82) is 0 Å². The topological polar surface area (TPSA) is 75.7 Å². The van der Waals surface area contributed by atoms with Crippen LogP contribution in [0.3, 0.4) is 0 Å². The summed E-state index contributed by atoms with van der Waals surface area (Å²) in [6, 6.07) is 14.4. The van der Waals surface area contributed by atoms with Gasteiger partial charge in [0.15, 0.2) is 0 Å². The van der Waals surface area contributed by atoms with Crippen LogP contribution in [0.4, 0.5) is 10.1 Å². The highest BCUT2D eigenvalue weighted by atomic mass is 35.5. The van der Waals surface area contributed by atoms with E-state index in [2.05, 4.69) is 11.9 Å². The molecule has 40 heavy (non-hydrogen) atoms. The monoisotopic (exact) mass is 573 g/mol. The predicted octanol–water partition coefficient (Wildman–Crippen LogP) is 7.43. The third-order valence-corrected chi connectivity index (χ3v) is 8.06. The summed E-state index contributed by atoms with van der Waals surface area (Å²) >= 11 is 7.81. The van der Waals surface area contributed by atoms with Crippen molar-refractivity contribution in [3.63, 3.8) is 0 Å². The second-order valence-corrected chi connectivity index (χ2v) is 10.7. The molecule has 2 aromatic carbocycles. The van der Waals surface area contributed by atoms with Gasteiger partial charge in [-0.3, -0.25) is 9.20 Å². The van der Waals surface area contributed by atoms with E-state index >= 15 is 0 Å². The average Bonchev–Trinajstić information content (AvgIpc) is 3.55. The number of nitrogens with one attached hydrogen (secondary N) is 1. The highest BCUT2D eigenvalue weighted by Crippen LogP contribution is 2.40. The van der Waals surface area contributed by atoms with E-state index in [0.717, 1.165) is 11.3 Å². The van der Waals surface area contributed by atoms with E-state index in [4.69, 9.17) is 26.0 Å². The van der Waals surface area contributed by atoms with Gasteiger partial charge in [-0.2, -0.15) is 0 Å². The van der Waals surface area contributed by atoms with Crippen LogP contribution in [-0.2, 0) is 5.88 Å². The minimum absolute atomic E-state index is 0.154. The van der Waals surface area contributed by atoms with E-state index < -0.39 is 0 Å². The largest absolute Gasteiger partial charge is 0.456 e. The van der Waals surface area contributed by atoms with Gasteiger partial charge in [-0.05, 0) is 48.9 Å². The highest BCUT2D eigenvalue weighted by molar-refractivity contribution is 7.99. The lowest BCUT2D eigenvalue weighted by atomic mass is 10.0. The van der Waals surface area contributed by atoms with Crippen molar-refractivity contribution in [1.82, 2.24) is 19.7 Å². The third-order valence-electron chi connectivity index (χ3n) is 7.07. The number of nitrogens with zero attached hydrogens (tertiary/aromatic N) is 4. The Morgan fingerprint density at radius 1 is 1.18 bits per heavy atom. The fourth-order valence-corrected chi connectivity index (χ4v) is 5.68. The summed E-state index contributed by atoms with van der Waals surface area (Å²) in [7, 11) is 3.54. The predicted molar refractivity (Wildman–Crippen MR) is 163 cm³/mol. The number of benzene rings is 2. The van der Waals surface area contributed by atoms with E-state index in [1.807, 2.05) is 59.3 Å². The molecule has 0 bridgehead atoms. The molecule has 0 aliphatic carbocycles. The highest BCUT2D eigenvalue weighted by Gasteiger charge is 2.24. The van der Waals surface area contributed by atoms with Gasteiger partial charge in [0.25, 0.3) is 5.91 Å². The van der Waals surface area contributed by atoms with Crippen molar-refractivity contribution in [2.75, 3.05) is 24.7 Å². The number of anilines is 1. The van der Waals surface area contributed by atoms with Crippen LogP contribution in [0.2, 0.25) is 0 Å². The van der Waals surface area contributed by atoms with Gasteiger partial charge >= 0.3 is 0 Å². The molecule has 4 heterocycles. The number of pyridine rings is 1. The molecule has 0 spiro atoms. The van der Waals surface area contributed by atoms with Crippen LogP contribution in [-0.4, -0.2) is 40.6 Å². The second kappa shape index (κ2) is 9.83. The Balaban J connectivity index is 1.69. The summed E-state index contributed by atoms with van der Waals surface area (Å²) in [5.74, 6) is 0.611. The number of furan rings is 1. The first-order chi connectivity index (χ1) is 19.3. The quantitative estimate of drug-likeness (QED) is 0.165. The molecule has 7 nitrogen and oxygen atoms in total. The molecule has 6 rings (SSSR count). The van der Waals surface area contributed by atoms with E-state index in [1.165, 1.54) is 18.0 Å². The normalized spacial score (nSPS) is 11.7. The fourth-order valence-electron chi connectivity index (χ4n) is 5.15. The number of amides is 1. The zero-order valence-corrected chi connectivity index (χ0v) is 23.9. The molecule has 0 aliphatic rings. The van der Waals surface area contributed by atoms with Crippen molar-refractivity contribution >= 4 is 79.1 Å². The lowest BCUT2D eigenvalue weighted by molar-refractivity contribution is 0.0963. The van der Waals surface area contributed by atoms with Gasteiger partial charge in [0, 0.05) is 42.8 Å². The van der Waals surface area contributed by atoms with Crippen molar-refractivity contribution < 1.29 is 13.6 Å². The molecule has 0 saturated carbocycles. The molecule has 6 aromatic rings. The van der Waals surface area contributed by atoms with Gasteiger partial charge in [-0.15, -0.1) is 11.6 Å². The molecule has 1 N–H and O–H groups in total. The molecule has 0 saturated heterocycles. The standard InChI is InChI=1S/C30H25ClFN5O2S/c1-15(2)29-27(30(38)33-3)18-11-17(23(36(4)40-5)13-25(18)39-29)20-9-10-21-28(35-20)24-12-16-19(32)7-6-8-22(16)37(24)26(14-31)34-21/h6-13H,1,14H2,2-5H3,(H,33,38). The van der Waals surface area contributed by atoms with Crippen LogP contribution in [0.25, 0.3) is 55.3 Å². The number of halogens is 2. The fraction of sp³-hybridized carbons (Fsp3) is 0.167. The number of fused-ring (bicyclic) bond motifs is 6. The second-order valence-electron chi connectivity index (χ2n) is 9.47. The number of carbonyl (C=O) groups excluding carboxylic acids is 1. The number of alkyl halides is 1. The Bertz CT molecular complexity index is 2020. The van der Waals surface area contributed by atoms with Crippen molar-refractivity contribution in [3.8, 4) is 11.3 Å². The SMILES string of the molecule is C=C(C)c1oc2cc(N(C)SC)c(-c3ccc4nc(CCl)n5c6cccc(F)c6cc5c4n3)cc2c1C(=O)NC. The van der Waals surface area contributed by atoms with E-state index in [-0.39, 0.29) is 17.6 Å². The maximum absolute atomic E-state index is 14.8. The van der Waals surface area contributed by atoms with Gasteiger partial charge in [-0.25, -0.2) is 14.4 Å². The molecular formula is C30H25ClFN5O2S. The molecule has 0 fully saturated rings. The molecule has 4 aromatic heterocycles. The summed E-state index contributed by atoms with van der Waals surface area (Å²) in [4.78, 5) is 22.8. The lowest BCUT2D eigenvalue weighted by Gasteiger charge is -2.19. The minimum Gasteiger partial charge on any atom is -0.456 e. The van der Waals surface area contributed by atoms with Gasteiger partial charge in [0.05, 0.1) is 39.4 Å². The summed E-state index contributed by atoms with van der Waals surface area (Å²) < 4.78 is 24.8. The molecule has 202 valence electrons. The maximum atomic E-state index is 14.8. The van der Waals surface area contributed by atoms with Crippen molar-refractivity contribution in [2.24, 2.45) is 0 Å². The van der Waals surface area contributed by atoms with Gasteiger partial charge in [0.1, 0.15) is 28.5 Å². The lowest BCUT2D eigenvalue weighted by Crippen LogP contribution is -2.18. The summed E-state index contributed by atoms with van der Waals surface area (Å²) in [6.45, 7) is 5.82. The Kier molecular flexibility index (Phi) is 6.43. The van der Waals surface area contributed by atoms with Crippen LogP contribution in [0.15, 0.2) is 59.5 Å². The van der Waals surface area contributed by atoms with Crippen molar-refractivity contribution in [2.45, 2.75) is 12.8 Å². The summed E-state index contributed by atoms with van der Waals surface area (Å²) in [5, 5.41) is 3.84. The van der Waals surface area contributed by atoms with Crippen LogP contribution in [0, 0.1) is 5.82 Å². The zero-order valence-electron chi connectivity index (χ0n) is 22.3. The summed E-state index contributed by atoms with van der Waals surface area (Å²) in [5.41, 5.74) is 6.61. The van der Waals surface area contributed by atoms with Crippen LogP contribution < -0.4 is 9.62 Å². The smallest absolute Gasteiger partial charge is 0.255 e. The molecule has 0 unspecified atom stereocenters. The molecule has 0 radical (unpaired) electrons. The average molecular weight is 574 g/mol. The van der Waals surface area contributed by atoms with E-state index in [9.17, 15) is 9.18 Å². The summed E-state index contributed by atoms with van der Waals surface area (Å²) in [6.07, 6.45) is 1.97. The number of carbonyl (C=O) groups is 1.